The third kappa shape index (κ3) is 3.25. The monoisotopic (exact) mass is 389 g/mol. The number of aryl methyl sites for hydroxylation is 2. The number of halogens is 1. The molecule has 4 nitrogen and oxygen atoms in total. The lowest BCUT2D eigenvalue weighted by molar-refractivity contribution is 0.409. The van der Waals surface area contributed by atoms with Gasteiger partial charge in [-0.25, -0.2) is 8.42 Å². The third-order valence-corrected chi connectivity index (χ3v) is 6.36. The van der Waals surface area contributed by atoms with Crippen LogP contribution in [0.15, 0.2) is 26.9 Å². The number of thiophene rings is 1. The highest BCUT2D eigenvalue weighted by Crippen LogP contribution is 2.33. The van der Waals surface area contributed by atoms with Gasteiger partial charge in [-0.2, -0.15) is 0 Å². The zero-order valence-electron chi connectivity index (χ0n) is 12.2. The molecule has 0 radical (unpaired) electrons. The molecule has 1 heterocycles. The Morgan fingerprint density at radius 2 is 1.90 bits per heavy atom. The molecule has 0 aliphatic rings. The van der Waals surface area contributed by atoms with E-state index in [2.05, 4.69) is 20.7 Å². The third-order valence-electron chi connectivity index (χ3n) is 3.18. The minimum atomic E-state index is -3.61. The lowest BCUT2D eigenvalue weighted by atomic mass is 10.1. The van der Waals surface area contributed by atoms with Crippen molar-refractivity contribution in [2.45, 2.75) is 25.7 Å². The normalized spacial score (nSPS) is 11.5. The Balaban J connectivity index is 2.45. The fraction of sp³-hybridized carbons (Fsp3) is 0.286. The first kappa shape index (κ1) is 16.3. The Morgan fingerprint density at radius 3 is 2.43 bits per heavy atom. The number of sulfonamides is 1. The zero-order valence-corrected chi connectivity index (χ0v) is 15.4. The van der Waals surface area contributed by atoms with Gasteiger partial charge >= 0.3 is 0 Å². The van der Waals surface area contributed by atoms with E-state index >= 15 is 0 Å². The van der Waals surface area contributed by atoms with Gasteiger partial charge in [0.25, 0.3) is 10.0 Å². The standard InChI is InChI=1S/C14H16BrNO3S2/c1-8-5-6-11(9(2)14(8)19-4)16-21(17,18)12-7-13(15)20-10(12)3/h5-7,16H,1-4H3. The van der Waals surface area contributed by atoms with Crippen LogP contribution in [0.1, 0.15) is 16.0 Å². The average Bonchev–Trinajstić information content (AvgIpc) is 2.73. The van der Waals surface area contributed by atoms with Gasteiger partial charge in [0, 0.05) is 10.4 Å². The number of methoxy groups -OCH3 is 1. The summed E-state index contributed by atoms with van der Waals surface area (Å²) < 4.78 is 33.8. The van der Waals surface area contributed by atoms with E-state index in [0.29, 0.717) is 16.3 Å². The lowest BCUT2D eigenvalue weighted by Crippen LogP contribution is -2.14. The molecule has 1 aromatic carbocycles. The van der Waals surface area contributed by atoms with Gasteiger partial charge in [-0.1, -0.05) is 6.07 Å². The first-order valence-electron chi connectivity index (χ1n) is 6.19. The maximum absolute atomic E-state index is 12.5. The molecular formula is C14H16BrNO3S2. The molecule has 114 valence electrons. The summed E-state index contributed by atoms with van der Waals surface area (Å²) in [6.45, 7) is 5.54. The van der Waals surface area contributed by atoms with Crippen LogP contribution in [0.4, 0.5) is 5.69 Å². The van der Waals surface area contributed by atoms with Gasteiger partial charge in [-0.15, -0.1) is 11.3 Å². The summed E-state index contributed by atoms with van der Waals surface area (Å²) in [4.78, 5) is 1.03. The lowest BCUT2D eigenvalue weighted by Gasteiger charge is -2.14. The van der Waals surface area contributed by atoms with E-state index in [0.717, 1.165) is 19.8 Å². The fourth-order valence-corrected chi connectivity index (χ4v) is 5.69. The van der Waals surface area contributed by atoms with E-state index in [9.17, 15) is 8.42 Å². The second kappa shape index (κ2) is 5.98. The van der Waals surface area contributed by atoms with Crippen molar-refractivity contribution >= 4 is 43.0 Å². The zero-order chi connectivity index (χ0) is 15.8. The number of hydrogen-bond donors (Lipinski definition) is 1. The molecular weight excluding hydrogens is 374 g/mol. The number of anilines is 1. The highest BCUT2D eigenvalue weighted by molar-refractivity contribution is 9.11. The van der Waals surface area contributed by atoms with Crippen LogP contribution in [-0.2, 0) is 10.0 Å². The van der Waals surface area contributed by atoms with Crippen molar-refractivity contribution in [3.8, 4) is 5.75 Å². The topological polar surface area (TPSA) is 55.4 Å². The Labute approximate surface area is 137 Å². The van der Waals surface area contributed by atoms with Crippen LogP contribution >= 0.6 is 27.3 Å². The predicted octanol–water partition coefficient (Wildman–Crippen LogP) is 4.25. The number of ether oxygens (including phenoxy) is 1. The molecule has 2 rings (SSSR count). The Morgan fingerprint density at radius 1 is 1.24 bits per heavy atom. The van der Waals surface area contributed by atoms with Crippen molar-refractivity contribution in [2.24, 2.45) is 0 Å². The van der Waals surface area contributed by atoms with Gasteiger partial charge < -0.3 is 4.74 Å². The van der Waals surface area contributed by atoms with Crippen molar-refractivity contribution in [2.75, 3.05) is 11.8 Å². The molecule has 0 aliphatic carbocycles. The molecule has 0 spiro atoms. The van der Waals surface area contributed by atoms with Crippen LogP contribution < -0.4 is 9.46 Å². The minimum absolute atomic E-state index is 0.290. The Bertz CT molecular complexity index is 782. The fourth-order valence-electron chi connectivity index (χ4n) is 2.15. The molecule has 21 heavy (non-hydrogen) atoms. The maximum Gasteiger partial charge on any atom is 0.263 e. The quantitative estimate of drug-likeness (QED) is 0.850. The van der Waals surface area contributed by atoms with Crippen molar-refractivity contribution in [3.05, 3.63) is 38.0 Å². The summed E-state index contributed by atoms with van der Waals surface area (Å²) in [6.07, 6.45) is 0. The molecule has 0 saturated heterocycles. The molecule has 0 amide bonds. The number of hydrogen-bond acceptors (Lipinski definition) is 4. The van der Waals surface area contributed by atoms with Gasteiger partial charge in [-0.3, -0.25) is 4.72 Å². The summed E-state index contributed by atoms with van der Waals surface area (Å²) >= 11 is 4.71. The summed E-state index contributed by atoms with van der Waals surface area (Å²) in [5, 5.41) is 0. The predicted molar refractivity (Wildman–Crippen MR) is 90.0 cm³/mol. The molecule has 0 unspecified atom stereocenters. The molecule has 1 aromatic heterocycles. The Hall–Kier alpha value is -1.05. The van der Waals surface area contributed by atoms with Crippen molar-refractivity contribution in [1.29, 1.82) is 0 Å². The second-order valence-corrected chi connectivity index (χ2v) is 8.95. The van der Waals surface area contributed by atoms with Gasteiger partial charge in [-0.05, 0) is 54.4 Å². The number of nitrogens with one attached hydrogen (secondary N) is 1. The van der Waals surface area contributed by atoms with E-state index < -0.39 is 10.0 Å². The van der Waals surface area contributed by atoms with Crippen molar-refractivity contribution < 1.29 is 13.2 Å². The second-order valence-electron chi connectivity index (χ2n) is 4.66. The van der Waals surface area contributed by atoms with Crippen molar-refractivity contribution in [1.82, 2.24) is 0 Å². The van der Waals surface area contributed by atoms with Crippen LogP contribution in [-0.4, -0.2) is 15.5 Å². The molecule has 0 bridgehead atoms. The van der Waals surface area contributed by atoms with Crippen LogP contribution in [0, 0.1) is 20.8 Å². The van der Waals surface area contributed by atoms with Crippen LogP contribution in [0.5, 0.6) is 5.75 Å². The van der Waals surface area contributed by atoms with E-state index in [-0.39, 0.29) is 0 Å². The first-order valence-corrected chi connectivity index (χ1v) is 9.28. The van der Waals surface area contributed by atoms with Gasteiger partial charge in [0.15, 0.2) is 0 Å². The summed E-state index contributed by atoms with van der Waals surface area (Å²) in [5.74, 6) is 0.693. The van der Waals surface area contributed by atoms with Gasteiger partial charge in [0.2, 0.25) is 0 Å². The van der Waals surface area contributed by atoms with Crippen molar-refractivity contribution in [3.63, 3.8) is 0 Å². The van der Waals surface area contributed by atoms with E-state index in [1.54, 1.807) is 26.2 Å². The average molecular weight is 390 g/mol. The molecule has 0 aliphatic heterocycles. The highest BCUT2D eigenvalue weighted by atomic mass is 79.9. The molecule has 2 aromatic rings. The highest BCUT2D eigenvalue weighted by Gasteiger charge is 2.21. The summed E-state index contributed by atoms with van der Waals surface area (Å²) in [7, 11) is -2.03. The summed E-state index contributed by atoms with van der Waals surface area (Å²) in [5.41, 5.74) is 2.26. The van der Waals surface area contributed by atoms with Gasteiger partial charge in [0.1, 0.15) is 10.6 Å². The molecule has 0 saturated carbocycles. The van der Waals surface area contributed by atoms with Crippen LogP contribution in [0.2, 0.25) is 0 Å². The molecule has 1 N–H and O–H groups in total. The minimum Gasteiger partial charge on any atom is -0.496 e. The maximum atomic E-state index is 12.5. The molecule has 7 heteroatoms. The van der Waals surface area contributed by atoms with E-state index in [1.807, 2.05) is 19.9 Å². The Kier molecular flexibility index (Phi) is 4.65. The number of benzene rings is 1. The van der Waals surface area contributed by atoms with Gasteiger partial charge in [0.05, 0.1) is 16.6 Å². The van der Waals surface area contributed by atoms with Crippen LogP contribution in [0.25, 0.3) is 0 Å². The smallest absolute Gasteiger partial charge is 0.263 e. The molecule has 0 fully saturated rings. The van der Waals surface area contributed by atoms with E-state index in [1.165, 1.54) is 11.3 Å². The van der Waals surface area contributed by atoms with E-state index in [4.69, 9.17) is 4.74 Å². The molecule has 0 atom stereocenters. The van der Waals surface area contributed by atoms with Crippen LogP contribution in [0.3, 0.4) is 0 Å². The number of rotatable bonds is 4. The largest absolute Gasteiger partial charge is 0.496 e. The first-order chi connectivity index (χ1) is 9.76. The SMILES string of the molecule is COc1c(C)ccc(NS(=O)(=O)c2cc(Br)sc2C)c1C. The summed E-state index contributed by atoms with van der Waals surface area (Å²) in [6, 6.07) is 5.20.